The zero-order chi connectivity index (χ0) is 13.3. The average molecular weight is 267 g/mol. The van der Waals surface area contributed by atoms with E-state index in [1.54, 1.807) is 13.8 Å². The van der Waals surface area contributed by atoms with Crippen LogP contribution in [-0.2, 0) is 6.18 Å². The zero-order valence-electron chi connectivity index (χ0n) is 9.40. The van der Waals surface area contributed by atoms with Gasteiger partial charge in [0.25, 0.3) is 0 Å². The second kappa shape index (κ2) is 4.76. The van der Waals surface area contributed by atoms with Crippen LogP contribution in [0.2, 0.25) is 0 Å². The van der Waals surface area contributed by atoms with Gasteiger partial charge in [-0.05, 0) is 32.0 Å². The predicted molar refractivity (Wildman–Crippen MR) is 63.0 cm³/mol. The third-order valence-corrected chi connectivity index (χ3v) is 2.95. The maximum absolute atomic E-state index is 13.4. The standard InChI is InChI=1S/C11H13F4NS/c1-10(2,6-17)16-9-5-7(11(13,14)15)3-4-8(9)12/h3-5,16-17H,6H2,1-2H3. The van der Waals surface area contributed by atoms with Crippen molar-refractivity contribution in [1.29, 1.82) is 0 Å². The minimum atomic E-state index is -4.48. The molecule has 0 amide bonds. The number of hydrogen-bond donors (Lipinski definition) is 2. The van der Waals surface area contributed by atoms with Crippen LogP contribution in [0.25, 0.3) is 0 Å². The molecule has 0 bridgehead atoms. The van der Waals surface area contributed by atoms with E-state index >= 15 is 0 Å². The van der Waals surface area contributed by atoms with Gasteiger partial charge in [0.05, 0.1) is 11.3 Å². The number of nitrogens with one attached hydrogen (secondary N) is 1. The quantitative estimate of drug-likeness (QED) is 0.624. The molecule has 0 fully saturated rings. The number of halogens is 4. The molecule has 0 aliphatic carbocycles. The lowest BCUT2D eigenvalue weighted by Gasteiger charge is -2.26. The Morgan fingerprint density at radius 3 is 2.29 bits per heavy atom. The van der Waals surface area contributed by atoms with Crippen LogP contribution in [0.4, 0.5) is 23.2 Å². The van der Waals surface area contributed by atoms with Crippen molar-refractivity contribution in [3.05, 3.63) is 29.6 Å². The van der Waals surface area contributed by atoms with E-state index in [-0.39, 0.29) is 5.69 Å². The second-order valence-electron chi connectivity index (χ2n) is 4.36. The Bertz CT molecular complexity index is 401. The van der Waals surface area contributed by atoms with E-state index in [9.17, 15) is 17.6 Å². The largest absolute Gasteiger partial charge is 0.416 e. The first-order valence-corrected chi connectivity index (χ1v) is 5.55. The normalized spacial score (nSPS) is 12.6. The van der Waals surface area contributed by atoms with Crippen LogP contribution in [0.3, 0.4) is 0 Å². The van der Waals surface area contributed by atoms with Gasteiger partial charge in [-0.15, -0.1) is 0 Å². The summed E-state index contributed by atoms with van der Waals surface area (Å²) >= 11 is 4.04. The Balaban J connectivity index is 3.08. The summed E-state index contributed by atoms with van der Waals surface area (Å²) in [6.07, 6.45) is -4.48. The molecule has 0 heterocycles. The molecule has 0 spiro atoms. The van der Waals surface area contributed by atoms with Gasteiger partial charge in [-0.2, -0.15) is 25.8 Å². The molecule has 0 radical (unpaired) electrons. The number of alkyl halides is 3. The molecule has 0 aliphatic heterocycles. The van der Waals surface area contributed by atoms with Crippen LogP contribution in [0.5, 0.6) is 0 Å². The minimum Gasteiger partial charge on any atom is -0.377 e. The highest BCUT2D eigenvalue weighted by Crippen LogP contribution is 2.32. The molecule has 0 aromatic heterocycles. The molecule has 0 atom stereocenters. The van der Waals surface area contributed by atoms with Crippen molar-refractivity contribution in [2.45, 2.75) is 25.6 Å². The fourth-order valence-electron chi connectivity index (χ4n) is 1.20. The molecule has 0 aliphatic rings. The lowest BCUT2D eigenvalue weighted by Crippen LogP contribution is -2.33. The first-order chi connectivity index (χ1) is 7.65. The first-order valence-electron chi connectivity index (χ1n) is 4.91. The summed E-state index contributed by atoms with van der Waals surface area (Å²) in [6.45, 7) is 3.44. The van der Waals surface area contributed by atoms with E-state index in [0.717, 1.165) is 12.1 Å². The summed E-state index contributed by atoms with van der Waals surface area (Å²) in [4.78, 5) is 0. The third-order valence-electron chi connectivity index (χ3n) is 2.16. The Morgan fingerprint density at radius 1 is 1.24 bits per heavy atom. The predicted octanol–water partition coefficient (Wildman–Crippen LogP) is 3.96. The number of anilines is 1. The molecule has 17 heavy (non-hydrogen) atoms. The molecular formula is C11H13F4NS. The van der Waals surface area contributed by atoms with Gasteiger partial charge in [0.1, 0.15) is 5.82 Å². The van der Waals surface area contributed by atoms with Crippen LogP contribution >= 0.6 is 12.6 Å². The van der Waals surface area contributed by atoms with Crippen LogP contribution in [0.1, 0.15) is 19.4 Å². The Labute approximate surface area is 103 Å². The van der Waals surface area contributed by atoms with Crippen molar-refractivity contribution < 1.29 is 17.6 Å². The topological polar surface area (TPSA) is 12.0 Å². The maximum Gasteiger partial charge on any atom is 0.416 e. The number of thiol groups is 1. The number of hydrogen-bond acceptors (Lipinski definition) is 2. The summed E-state index contributed by atoms with van der Waals surface area (Å²) in [7, 11) is 0. The van der Waals surface area contributed by atoms with Crippen molar-refractivity contribution in [3.63, 3.8) is 0 Å². The molecular weight excluding hydrogens is 254 g/mol. The van der Waals surface area contributed by atoms with E-state index in [1.165, 1.54) is 0 Å². The van der Waals surface area contributed by atoms with E-state index in [4.69, 9.17) is 0 Å². The maximum atomic E-state index is 13.4. The van der Waals surface area contributed by atoms with Crippen LogP contribution < -0.4 is 5.32 Å². The van der Waals surface area contributed by atoms with Gasteiger partial charge >= 0.3 is 6.18 Å². The van der Waals surface area contributed by atoms with Gasteiger partial charge in [-0.1, -0.05) is 0 Å². The van der Waals surface area contributed by atoms with Crippen molar-refractivity contribution in [1.82, 2.24) is 0 Å². The zero-order valence-corrected chi connectivity index (χ0v) is 10.3. The third kappa shape index (κ3) is 3.80. The first kappa shape index (κ1) is 14.2. The van der Waals surface area contributed by atoms with Crippen molar-refractivity contribution in [2.24, 2.45) is 0 Å². The van der Waals surface area contributed by atoms with Crippen LogP contribution in [-0.4, -0.2) is 11.3 Å². The summed E-state index contributed by atoms with van der Waals surface area (Å²) < 4.78 is 50.7. The van der Waals surface area contributed by atoms with Crippen molar-refractivity contribution >= 4 is 18.3 Å². The van der Waals surface area contributed by atoms with Gasteiger partial charge in [0, 0.05) is 11.3 Å². The van der Waals surface area contributed by atoms with E-state index in [2.05, 4.69) is 17.9 Å². The Morgan fingerprint density at radius 2 is 1.82 bits per heavy atom. The van der Waals surface area contributed by atoms with Gasteiger partial charge in [-0.25, -0.2) is 4.39 Å². The summed E-state index contributed by atoms with van der Waals surface area (Å²) in [5.41, 5.74) is -1.64. The van der Waals surface area contributed by atoms with Gasteiger partial charge in [0.2, 0.25) is 0 Å². The molecule has 0 saturated heterocycles. The molecule has 96 valence electrons. The monoisotopic (exact) mass is 267 g/mol. The van der Waals surface area contributed by atoms with Gasteiger partial charge in [-0.3, -0.25) is 0 Å². The molecule has 0 saturated carbocycles. The lowest BCUT2D eigenvalue weighted by atomic mass is 10.1. The fourth-order valence-corrected chi connectivity index (χ4v) is 1.28. The SMILES string of the molecule is CC(C)(CS)Nc1cc(C(F)(F)F)ccc1F. The molecule has 1 aromatic rings. The second-order valence-corrected chi connectivity index (χ2v) is 4.68. The number of benzene rings is 1. The van der Waals surface area contributed by atoms with Crippen LogP contribution in [0.15, 0.2) is 18.2 Å². The Kier molecular flexibility index (Phi) is 3.96. The molecule has 1 rings (SSSR count). The smallest absolute Gasteiger partial charge is 0.377 e. The highest BCUT2D eigenvalue weighted by atomic mass is 32.1. The van der Waals surface area contributed by atoms with E-state index < -0.39 is 23.1 Å². The van der Waals surface area contributed by atoms with Crippen LogP contribution in [0, 0.1) is 5.82 Å². The highest BCUT2D eigenvalue weighted by Gasteiger charge is 2.31. The summed E-state index contributed by atoms with van der Waals surface area (Å²) in [5.74, 6) is -0.351. The molecule has 6 heteroatoms. The molecule has 1 aromatic carbocycles. The average Bonchev–Trinajstić information content (AvgIpc) is 2.19. The molecule has 0 unspecified atom stereocenters. The summed E-state index contributed by atoms with van der Waals surface area (Å²) in [5, 5.41) is 2.70. The summed E-state index contributed by atoms with van der Waals surface area (Å²) in [6, 6.07) is 2.29. The van der Waals surface area contributed by atoms with Gasteiger partial charge in [0.15, 0.2) is 0 Å². The highest BCUT2D eigenvalue weighted by molar-refractivity contribution is 7.80. The lowest BCUT2D eigenvalue weighted by molar-refractivity contribution is -0.137. The minimum absolute atomic E-state index is 0.168. The van der Waals surface area contributed by atoms with E-state index in [0.29, 0.717) is 11.8 Å². The van der Waals surface area contributed by atoms with Gasteiger partial charge < -0.3 is 5.32 Å². The number of rotatable bonds is 3. The molecule has 1 N–H and O–H groups in total. The van der Waals surface area contributed by atoms with Crippen molar-refractivity contribution in [2.75, 3.05) is 11.1 Å². The Hall–Kier alpha value is -0.910. The van der Waals surface area contributed by atoms with Crippen molar-refractivity contribution in [3.8, 4) is 0 Å². The molecule has 1 nitrogen and oxygen atoms in total. The fraction of sp³-hybridized carbons (Fsp3) is 0.455. The van der Waals surface area contributed by atoms with E-state index in [1.807, 2.05) is 0 Å².